The number of hydrogen-bond acceptors (Lipinski definition) is 11. The van der Waals surface area contributed by atoms with Crippen LogP contribution in [0.15, 0.2) is 15.8 Å². The number of nitrogens with zero attached hydrogens (tertiary/aromatic N) is 2. The van der Waals surface area contributed by atoms with E-state index in [1.807, 2.05) is 10.4 Å². The molecule has 0 aliphatic carbocycles. The van der Waals surface area contributed by atoms with Gasteiger partial charge in [-0.15, -0.1) is 0 Å². The van der Waals surface area contributed by atoms with Crippen molar-refractivity contribution in [2.24, 2.45) is 0 Å². The Morgan fingerprint density at radius 3 is 2.36 bits per heavy atom. The fourth-order valence-corrected chi connectivity index (χ4v) is 6.34. The highest BCUT2D eigenvalue weighted by Crippen LogP contribution is 2.66. The maximum Gasteiger partial charge on any atom is 0.490 e. The van der Waals surface area contributed by atoms with Gasteiger partial charge in [-0.05, 0) is 18.5 Å². The normalized spacial score (nSPS) is 30.0. The number of aliphatic hydroxyl groups excluding tert-OH is 1. The molecule has 1 saturated heterocycles. The van der Waals surface area contributed by atoms with Gasteiger partial charge in [0.2, 0.25) is 0 Å². The van der Waals surface area contributed by atoms with Crippen LogP contribution < -0.4 is 11.2 Å². The number of alkyl halides is 1. The summed E-state index contributed by atoms with van der Waals surface area (Å²) in [6.07, 6.45) is -6.45. The summed E-state index contributed by atoms with van der Waals surface area (Å²) in [5, 5.41) is 16.0. The zero-order valence-electron chi connectivity index (χ0n) is 15.8. The number of aromatic nitrogens is 3. The van der Waals surface area contributed by atoms with Gasteiger partial charge in [0, 0.05) is 5.38 Å². The summed E-state index contributed by atoms with van der Waals surface area (Å²) in [6, 6.07) is 0. The Balaban J connectivity index is 2.32. The molecule has 17 nitrogen and oxygen atoms in total. The average molecular weight is 576 g/mol. The summed E-state index contributed by atoms with van der Waals surface area (Å²) in [5.74, 6) is 2.18. The monoisotopic (exact) mass is 575 g/mol. The fraction of sp³-hybridized carbons (Fsp3) is 0.545. The Hall–Kier alpha value is -0.920. The quantitative estimate of drug-likeness (QED) is 0.125. The Morgan fingerprint density at radius 1 is 1.24 bits per heavy atom. The number of rotatable bonds is 8. The van der Waals surface area contributed by atoms with Crippen LogP contribution in [-0.2, 0) is 31.6 Å². The molecule has 1 aliphatic heterocycles. The van der Waals surface area contributed by atoms with Crippen LogP contribution in [0.1, 0.15) is 13.2 Å². The van der Waals surface area contributed by atoms with Crippen molar-refractivity contribution in [1.82, 2.24) is 14.8 Å². The minimum absolute atomic E-state index is 0.483. The fourth-order valence-electron chi connectivity index (χ4n) is 2.62. The topological polar surface area (TPSA) is 257 Å². The molecule has 2 rings (SSSR count). The Kier molecular flexibility index (Phi) is 8.56. The molecule has 1 aromatic rings. The van der Waals surface area contributed by atoms with Crippen molar-refractivity contribution in [1.29, 1.82) is 0 Å². The number of aliphatic hydroxyl groups is 1. The maximum absolute atomic E-state index is 12.1. The standard InChI is InChI=1S/C11H14Cl2N3O14P3/c1-5(28-32(23,24)30-33(25,26)29-31(20,21)22)7-8(18)11(13,2-3-12)9(27-7)16-10(19)15-6(17)4-14-16/h4-5,7-9,18H,1H3,(H,23,24)(H,25,26)(H,15,17,19)(H2,20,21,22)/t5-,7-,8+,9-,11?/m1/s1. The predicted octanol–water partition coefficient (Wildman–Crippen LogP) is -0.901. The number of hydrogen-bond donors (Lipinski definition) is 6. The van der Waals surface area contributed by atoms with E-state index in [-0.39, 0.29) is 0 Å². The van der Waals surface area contributed by atoms with Gasteiger partial charge in [0.25, 0.3) is 5.56 Å². The molecule has 0 amide bonds. The third kappa shape index (κ3) is 7.04. The molecule has 33 heavy (non-hydrogen) atoms. The predicted molar refractivity (Wildman–Crippen MR) is 106 cm³/mol. The SMILES string of the molecule is C[C@@H](OP(=O)(O)OP(=O)(O)OP(=O)(O)O)[C@H]1O[C@@H](n2ncc(=O)[nH]c2=O)C(Cl)(C#CCl)[C@H]1O. The first-order valence-electron chi connectivity index (χ1n) is 8.06. The van der Waals surface area contributed by atoms with Crippen LogP contribution in [0.25, 0.3) is 0 Å². The first-order chi connectivity index (χ1) is 14.9. The summed E-state index contributed by atoms with van der Waals surface area (Å²) in [5.41, 5.74) is -2.02. The van der Waals surface area contributed by atoms with Crippen molar-refractivity contribution in [3.8, 4) is 11.3 Å². The summed E-state index contributed by atoms with van der Waals surface area (Å²) < 4.78 is 51.8. The van der Waals surface area contributed by atoms with E-state index in [0.29, 0.717) is 10.9 Å². The van der Waals surface area contributed by atoms with Crippen LogP contribution in [0.3, 0.4) is 0 Å². The third-order valence-electron chi connectivity index (χ3n) is 3.76. The second-order valence-corrected chi connectivity index (χ2v) is 11.4. The molecule has 0 spiro atoms. The van der Waals surface area contributed by atoms with Gasteiger partial charge < -0.3 is 29.4 Å². The number of phosphoric acid groups is 3. The molecule has 1 fully saturated rings. The van der Waals surface area contributed by atoms with E-state index in [1.54, 1.807) is 0 Å². The van der Waals surface area contributed by atoms with E-state index >= 15 is 0 Å². The van der Waals surface area contributed by atoms with Crippen LogP contribution in [0.5, 0.6) is 0 Å². The van der Waals surface area contributed by atoms with Gasteiger partial charge >= 0.3 is 29.2 Å². The van der Waals surface area contributed by atoms with Crippen molar-refractivity contribution >= 4 is 46.7 Å². The highest BCUT2D eigenvalue weighted by atomic mass is 35.5. The molecule has 0 radical (unpaired) electrons. The minimum Gasteiger partial charge on any atom is -0.387 e. The van der Waals surface area contributed by atoms with Gasteiger partial charge in [0.15, 0.2) is 11.1 Å². The van der Waals surface area contributed by atoms with E-state index in [0.717, 1.165) is 6.92 Å². The van der Waals surface area contributed by atoms with Crippen molar-refractivity contribution < 1.29 is 56.3 Å². The summed E-state index contributed by atoms with van der Waals surface area (Å²) >= 11 is 11.7. The van der Waals surface area contributed by atoms with Crippen LogP contribution in [0.2, 0.25) is 0 Å². The number of H-pyrrole nitrogens is 1. The lowest BCUT2D eigenvalue weighted by atomic mass is 9.97. The first-order valence-corrected chi connectivity index (χ1v) is 13.3. The Labute approximate surface area is 192 Å². The Bertz CT molecular complexity index is 1220. The Morgan fingerprint density at radius 2 is 1.85 bits per heavy atom. The number of phosphoric ester groups is 1. The van der Waals surface area contributed by atoms with Gasteiger partial charge in [0.05, 0.1) is 6.10 Å². The average Bonchev–Trinajstić information content (AvgIpc) is 2.83. The molecule has 1 aliphatic rings. The molecule has 1 aromatic heterocycles. The largest absolute Gasteiger partial charge is 0.490 e. The molecule has 7 atom stereocenters. The summed E-state index contributed by atoms with van der Waals surface area (Å²) in [7, 11) is -17.0. The number of nitrogens with one attached hydrogen (secondary N) is 1. The van der Waals surface area contributed by atoms with Crippen LogP contribution in [0, 0.1) is 11.3 Å². The van der Waals surface area contributed by atoms with Gasteiger partial charge in [-0.25, -0.2) is 18.5 Å². The van der Waals surface area contributed by atoms with Crippen molar-refractivity contribution in [3.63, 3.8) is 0 Å². The van der Waals surface area contributed by atoms with Crippen molar-refractivity contribution in [2.75, 3.05) is 0 Å². The lowest BCUT2D eigenvalue weighted by Gasteiger charge is -2.26. The second-order valence-electron chi connectivity index (χ2n) is 6.17. The van der Waals surface area contributed by atoms with E-state index in [2.05, 4.69) is 24.2 Å². The molecule has 6 N–H and O–H groups in total. The molecule has 0 bridgehead atoms. The van der Waals surface area contributed by atoms with Gasteiger partial charge in [-0.2, -0.15) is 18.4 Å². The molecular formula is C11H14Cl2N3O14P3. The molecular weight excluding hydrogens is 562 g/mol. The molecule has 0 aromatic carbocycles. The van der Waals surface area contributed by atoms with Crippen LogP contribution in [0.4, 0.5) is 0 Å². The highest BCUT2D eigenvalue weighted by Gasteiger charge is 2.59. The van der Waals surface area contributed by atoms with Crippen LogP contribution in [-0.4, -0.2) is 62.6 Å². The van der Waals surface area contributed by atoms with E-state index < -0.39 is 64.1 Å². The van der Waals surface area contributed by atoms with Crippen LogP contribution >= 0.6 is 46.7 Å². The first kappa shape index (κ1) is 28.3. The molecule has 22 heteroatoms. The maximum atomic E-state index is 12.1. The minimum atomic E-state index is -5.81. The number of ether oxygens (including phenoxy) is 1. The smallest absolute Gasteiger partial charge is 0.387 e. The number of halogens is 2. The molecule has 186 valence electrons. The van der Waals surface area contributed by atoms with Gasteiger partial charge in [-0.3, -0.25) is 14.3 Å². The second kappa shape index (κ2) is 9.98. The van der Waals surface area contributed by atoms with E-state index in [1.165, 1.54) is 0 Å². The van der Waals surface area contributed by atoms with Gasteiger partial charge in [-0.1, -0.05) is 17.5 Å². The molecule has 3 unspecified atom stereocenters. The van der Waals surface area contributed by atoms with E-state index in [9.17, 15) is 38.2 Å². The highest BCUT2D eigenvalue weighted by molar-refractivity contribution is 7.66. The third-order valence-corrected chi connectivity index (χ3v) is 8.29. The van der Waals surface area contributed by atoms with Crippen molar-refractivity contribution in [2.45, 2.75) is 36.3 Å². The molecule has 0 saturated carbocycles. The summed E-state index contributed by atoms with van der Waals surface area (Å²) in [4.78, 5) is 58.9. The van der Waals surface area contributed by atoms with Crippen molar-refractivity contribution in [3.05, 3.63) is 27.0 Å². The lowest BCUT2D eigenvalue weighted by molar-refractivity contribution is -0.0786. The lowest BCUT2D eigenvalue weighted by Crippen LogP contribution is -2.46. The summed E-state index contributed by atoms with van der Waals surface area (Å²) in [6.45, 7) is 0.989. The number of aromatic amines is 1. The molecule has 2 heterocycles. The zero-order valence-corrected chi connectivity index (χ0v) is 20.0. The van der Waals surface area contributed by atoms with Gasteiger partial charge in [0.1, 0.15) is 18.4 Å². The van der Waals surface area contributed by atoms with E-state index in [4.69, 9.17) is 37.7 Å². The zero-order chi connectivity index (χ0) is 25.4.